The Labute approximate surface area is 141 Å². The molecular weight excluding hydrogens is 330 g/mol. The minimum Gasteiger partial charge on any atom is -0.338 e. The van der Waals surface area contributed by atoms with E-state index in [1.807, 2.05) is 17.7 Å². The van der Waals surface area contributed by atoms with Crippen LogP contribution in [0.2, 0.25) is 0 Å². The van der Waals surface area contributed by atoms with Crippen molar-refractivity contribution in [2.45, 2.75) is 31.2 Å². The highest BCUT2D eigenvalue weighted by Crippen LogP contribution is 2.19. The zero-order chi connectivity index (χ0) is 17.7. The number of urea groups is 1. The number of aromatic nitrogens is 2. The van der Waals surface area contributed by atoms with Crippen LogP contribution in [-0.2, 0) is 10.0 Å². The van der Waals surface area contributed by atoms with Gasteiger partial charge in [-0.05, 0) is 38.0 Å². The van der Waals surface area contributed by atoms with Gasteiger partial charge < -0.3 is 15.2 Å². The van der Waals surface area contributed by atoms with Gasteiger partial charge in [-0.15, -0.1) is 0 Å². The maximum atomic E-state index is 12.0. The van der Waals surface area contributed by atoms with Crippen molar-refractivity contribution >= 4 is 21.7 Å². The van der Waals surface area contributed by atoms with Gasteiger partial charge in [-0.25, -0.2) is 23.3 Å². The third-order valence-electron chi connectivity index (χ3n) is 3.67. The second kappa shape index (κ2) is 7.45. The van der Waals surface area contributed by atoms with Gasteiger partial charge in [0, 0.05) is 30.7 Å². The second-order valence-electron chi connectivity index (χ2n) is 5.55. The minimum atomic E-state index is -3.81. The summed E-state index contributed by atoms with van der Waals surface area (Å²) in [5, 5.41) is 10.5. The highest BCUT2D eigenvalue weighted by molar-refractivity contribution is 7.89. The average molecular weight is 351 g/mol. The molecule has 0 radical (unpaired) electrons. The summed E-state index contributed by atoms with van der Waals surface area (Å²) in [6.45, 7) is 4.27. The number of hydrogen-bond donors (Lipinski definition) is 3. The predicted molar refractivity (Wildman–Crippen MR) is 91.1 cm³/mol. The predicted octanol–water partition coefficient (Wildman–Crippen LogP) is 1.61. The maximum Gasteiger partial charge on any atom is 0.319 e. The van der Waals surface area contributed by atoms with Crippen molar-refractivity contribution in [2.75, 3.05) is 11.9 Å². The van der Waals surface area contributed by atoms with E-state index in [0.29, 0.717) is 12.2 Å². The zero-order valence-corrected chi connectivity index (χ0v) is 14.4. The van der Waals surface area contributed by atoms with Crippen molar-refractivity contribution in [3.8, 4) is 0 Å². The molecule has 0 saturated carbocycles. The number of imidazole rings is 1. The lowest BCUT2D eigenvalue weighted by Crippen LogP contribution is -2.31. The second-order valence-corrected chi connectivity index (χ2v) is 7.11. The van der Waals surface area contributed by atoms with E-state index < -0.39 is 16.1 Å². The first-order valence-corrected chi connectivity index (χ1v) is 8.98. The van der Waals surface area contributed by atoms with Gasteiger partial charge in [-0.2, -0.15) is 0 Å². The summed E-state index contributed by atoms with van der Waals surface area (Å²) in [6.07, 6.45) is 6.04. The first kappa shape index (κ1) is 18.0. The van der Waals surface area contributed by atoms with E-state index in [2.05, 4.69) is 15.6 Å². The number of hydrogen-bond acceptors (Lipinski definition) is 4. The molecule has 0 aliphatic rings. The van der Waals surface area contributed by atoms with Gasteiger partial charge in [-0.3, -0.25) is 0 Å². The average Bonchev–Trinajstić information content (AvgIpc) is 3.02. The molecule has 1 aromatic carbocycles. The molecule has 24 heavy (non-hydrogen) atoms. The summed E-state index contributed by atoms with van der Waals surface area (Å²) in [4.78, 5) is 15.9. The third kappa shape index (κ3) is 4.80. The highest BCUT2D eigenvalue weighted by atomic mass is 32.2. The fourth-order valence-corrected chi connectivity index (χ4v) is 2.69. The van der Waals surface area contributed by atoms with Gasteiger partial charge in [0.1, 0.15) is 0 Å². The molecule has 1 atom stereocenters. The third-order valence-corrected chi connectivity index (χ3v) is 4.58. The van der Waals surface area contributed by atoms with Gasteiger partial charge in [0.15, 0.2) is 0 Å². The number of nitrogens with two attached hydrogens (primary N) is 1. The number of sulfonamides is 1. The Morgan fingerprint density at radius 2 is 2.17 bits per heavy atom. The minimum absolute atomic E-state index is 0.0443. The number of carbonyl (C=O) groups is 1. The number of carbonyl (C=O) groups excluding carboxylic acids is 1. The van der Waals surface area contributed by atoms with Crippen LogP contribution in [0.5, 0.6) is 0 Å². The molecule has 0 aliphatic carbocycles. The molecule has 0 fully saturated rings. The van der Waals surface area contributed by atoms with E-state index in [0.717, 1.165) is 12.0 Å². The van der Waals surface area contributed by atoms with Gasteiger partial charge in [-0.1, -0.05) is 6.07 Å². The largest absolute Gasteiger partial charge is 0.338 e. The van der Waals surface area contributed by atoms with Crippen molar-refractivity contribution in [3.63, 3.8) is 0 Å². The molecule has 9 heteroatoms. The normalized spacial score (nSPS) is 12.6. The van der Waals surface area contributed by atoms with E-state index >= 15 is 0 Å². The fraction of sp³-hybridized carbons (Fsp3) is 0.333. The monoisotopic (exact) mass is 351 g/mol. The molecule has 2 amide bonds. The number of nitrogens with one attached hydrogen (secondary N) is 2. The Hall–Kier alpha value is -2.39. The topological polar surface area (TPSA) is 119 Å². The standard InChI is InChI=1S/C15H21N5O3S/c1-11-3-4-13(24(16,22)23)9-14(11)19-15(21)18-6-5-12(2)20-8-7-17-10-20/h3-4,7-10,12H,5-6H2,1-2H3,(H2,16,22,23)(H2,18,19,21). The summed E-state index contributed by atoms with van der Waals surface area (Å²) < 4.78 is 24.7. The van der Waals surface area contributed by atoms with Crippen LogP contribution in [0.1, 0.15) is 24.9 Å². The first-order valence-electron chi connectivity index (χ1n) is 7.43. The maximum absolute atomic E-state index is 12.0. The molecule has 0 aliphatic heterocycles. The van der Waals surface area contributed by atoms with Crippen molar-refractivity contribution in [3.05, 3.63) is 42.5 Å². The van der Waals surface area contributed by atoms with Crippen LogP contribution in [0.4, 0.5) is 10.5 Å². The van der Waals surface area contributed by atoms with Crippen molar-refractivity contribution in [1.82, 2.24) is 14.9 Å². The molecule has 4 N–H and O–H groups in total. The highest BCUT2D eigenvalue weighted by Gasteiger charge is 2.12. The molecule has 2 aromatic rings. The number of aryl methyl sites for hydroxylation is 1. The van der Waals surface area contributed by atoms with Crippen molar-refractivity contribution in [1.29, 1.82) is 0 Å². The van der Waals surface area contributed by atoms with E-state index in [-0.39, 0.29) is 10.9 Å². The first-order chi connectivity index (χ1) is 11.3. The summed E-state index contributed by atoms with van der Waals surface area (Å²) in [5.74, 6) is 0. The molecule has 8 nitrogen and oxygen atoms in total. The zero-order valence-electron chi connectivity index (χ0n) is 13.6. The number of anilines is 1. The van der Waals surface area contributed by atoms with Gasteiger partial charge in [0.2, 0.25) is 10.0 Å². The van der Waals surface area contributed by atoms with E-state index in [9.17, 15) is 13.2 Å². The molecular formula is C15H21N5O3S. The van der Waals surface area contributed by atoms with Crippen LogP contribution in [-0.4, -0.2) is 30.5 Å². The van der Waals surface area contributed by atoms with Gasteiger partial charge in [0.05, 0.1) is 11.2 Å². The molecule has 0 bridgehead atoms. The van der Waals surface area contributed by atoms with Crippen LogP contribution in [0, 0.1) is 6.92 Å². The summed E-state index contributed by atoms with van der Waals surface area (Å²) in [5.41, 5.74) is 1.14. The number of benzene rings is 1. The molecule has 1 unspecified atom stereocenters. The van der Waals surface area contributed by atoms with E-state index in [1.165, 1.54) is 12.1 Å². The lowest BCUT2D eigenvalue weighted by molar-refractivity contribution is 0.251. The van der Waals surface area contributed by atoms with Crippen molar-refractivity contribution in [2.24, 2.45) is 5.14 Å². The van der Waals surface area contributed by atoms with Crippen LogP contribution in [0.15, 0.2) is 41.8 Å². The number of amides is 2. The number of nitrogens with zero attached hydrogens (tertiary/aromatic N) is 2. The molecule has 130 valence electrons. The summed E-state index contributed by atoms with van der Waals surface area (Å²) >= 11 is 0. The smallest absolute Gasteiger partial charge is 0.319 e. The van der Waals surface area contributed by atoms with Crippen LogP contribution in [0.25, 0.3) is 0 Å². The Morgan fingerprint density at radius 1 is 1.42 bits per heavy atom. The lowest BCUT2D eigenvalue weighted by Gasteiger charge is -2.14. The molecule has 0 spiro atoms. The Morgan fingerprint density at radius 3 is 2.79 bits per heavy atom. The van der Waals surface area contributed by atoms with Crippen molar-refractivity contribution < 1.29 is 13.2 Å². The summed E-state index contributed by atoms with van der Waals surface area (Å²) in [7, 11) is -3.81. The van der Waals surface area contributed by atoms with Gasteiger partial charge >= 0.3 is 6.03 Å². The number of rotatable bonds is 6. The van der Waals surface area contributed by atoms with Crippen LogP contribution >= 0.6 is 0 Å². The molecule has 1 heterocycles. The van der Waals surface area contributed by atoms with E-state index in [4.69, 9.17) is 5.14 Å². The fourth-order valence-electron chi connectivity index (χ4n) is 2.15. The molecule has 2 rings (SSSR count). The SMILES string of the molecule is Cc1ccc(S(N)(=O)=O)cc1NC(=O)NCCC(C)n1ccnc1. The Balaban J connectivity index is 1.90. The Bertz CT molecular complexity index is 803. The summed E-state index contributed by atoms with van der Waals surface area (Å²) in [6, 6.07) is 4.15. The van der Waals surface area contributed by atoms with Crippen LogP contribution < -0.4 is 15.8 Å². The van der Waals surface area contributed by atoms with Crippen LogP contribution in [0.3, 0.4) is 0 Å². The quantitative estimate of drug-likeness (QED) is 0.732. The Kier molecular flexibility index (Phi) is 5.58. The molecule has 1 aromatic heterocycles. The number of primary sulfonamides is 1. The van der Waals surface area contributed by atoms with Gasteiger partial charge in [0.25, 0.3) is 0 Å². The lowest BCUT2D eigenvalue weighted by atomic mass is 10.2. The molecule has 0 saturated heterocycles. The van der Waals surface area contributed by atoms with E-state index in [1.54, 1.807) is 25.5 Å².